The summed E-state index contributed by atoms with van der Waals surface area (Å²) in [6.45, 7) is 4.29. The highest BCUT2D eigenvalue weighted by Gasteiger charge is 2.24. The summed E-state index contributed by atoms with van der Waals surface area (Å²) >= 11 is 0. The minimum absolute atomic E-state index is 0.00639. The highest BCUT2D eigenvalue weighted by Crippen LogP contribution is 2.39. The highest BCUT2D eigenvalue weighted by molar-refractivity contribution is 5.42. The molecule has 0 atom stereocenters. The number of rotatable bonds is 3. The van der Waals surface area contributed by atoms with Crippen LogP contribution < -0.4 is 5.56 Å². The molecule has 17 heavy (non-hydrogen) atoms. The molecule has 0 amide bonds. The van der Waals surface area contributed by atoms with Gasteiger partial charge in [0.1, 0.15) is 5.82 Å². The van der Waals surface area contributed by atoms with Crippen LogP contribution in [-0.2, 0) is 6.42 Å². The van der Waals surface area contributed by atoms with Gasteiger partial charge in [0.15, 0.2) is 5.65 Å². The summed E-state index contributed by atoms with van der Waals surface area (Å²) in [4.78, 5) is 16.4. The Bertz CT molecular complexity index is 605. The van der Waals surface area contributed by atoms with E-state index in [4.69, 9.17) is 0 Å². The molecule has 0 unspecified atom stereocenters. The standard InChI is InChI=1S/C13H17N3O/c1-8(2)5-11-14-12-6-10(9-3-4-9)7-13(17)16(12)15-11/h6-9H,3-5H2,1-2H3,(H,14,15). The van der Waals surface area contributed by atoms with Crippen molar-refractivity contribution in [1.29, 1.82) is 0 Å². The van der Waals surface area contributed by atoms with Crippen molar-refractivity contribution in [1.82, 2.24) is 14.6 Å². The van der Waals surface area contributed by atoms with Gasteiger partial charge in [0.25, 0.3) is 5.56 Å². The van der Waals surface area contributed by atoms with Crippen molar-refractivity contribution in [3.05, 3.63) is 33.9 Å². The summed E-state index contributed by atoms with van der Waals surface area (Å²) in [7, 11) is 0. The Balaban J connectivity index is 2.08. The van der Waals surface area contributed by atoms with Gasteiger partial charge in [0.05, 0.1) is 0 Å². The zero-order chi connectivity index (χ0) is 12.0. The van der Waals surface area contributed by atoms with Gasteiger partial charge in [-0.2, -0.15) is 0 Å². The summed E-state index contributed by atoms with van der Waals surface area (Å²) in [5.74, 6) is 2.03. The molecular formula is C13H17N3O. The molecule has 0 aromatic carbocycles. The van der Waals surface area contributed by atoms with Crippen molar-refractivity contribution in [3.63, 3.8) is 0 Å². The van der Waals surface area contributed by atoms with Crippen LogP contribution in [0.15, 0.2) is 16.9 Å². The van der Waals surface area contributed by atoms with Crippen LogP contribution in [0.4, 0.5) is 0 Å². The van der Waals surface area contributed by atoms with Crippen molar-refractivity contribution in [2.45, 2.75) is 39.0 Å². The van der Waals surface area contributed by atoms with E-state index in [-0.39, 0.29) is 5.56 Å². The molecule has 3 rings (SSSR count). The number of aromatic nitrogens is 3. The van der Waals surface area contributed by atoms with Crippen molar-refractivity contribution in [2.75, 3.05) is 0 Å². The second-order valence-corrected chi connectivity index (χ2v) is 5.36. The Morgan fingerprint density at radius 3 is 2.88 bits per heavy atom. The van der Waals surface area contributed by atoms with E-state index >= 15 is 0 Å². The molecule has 1 aliphatic rings. The molecule has 0 radical (unpaired) electrons. The number of H-pyrrole nitrogens is 1. The first-order valence-corrected chi connectivity index (χ1v) is 6.25. The van der Waals surface area contributed by atoms with Crippen LogP contribution in [0.3, 0.4) is 0 Å². The zero-order valence-electron chi connectivity index (χ0n) is 10.2. The van der Waals surface area contributed by atoms with Crippen LogP contribution in [0.25, 0.3) is 5.65 Å². The fourth-order valence-electron chi connectivity index (χ4n) is 2.19. The number of hydrogen-bond acceptors (Lipinski definition) is 2. The van der Waals surface area contributed by atoms with E-state index in [1.54, 1.807) is 10.6 Å². The molecule has 0 aliphatic heterocycles. The van der Waals surface area contributed by atoms with E-state index < -0.39 is 0 Å². The van der Waals surface area contributed by atoms with E-state index in [1.165, 1.54) is 12.8 Å². The minimum Gasteiger partial charge on any atom is -0.276 e. The van der Waals surface area contributed by atoms with Crippen molar-refractivity contribution >= 4 is 5.65 Å². The lowest BCUT2D eigenvalue weighted by Gasteiger charge is -1.98. The van der Waals surface area contributed by atoms with Crippen LogP contribution >= 0.6 is 0 Å². The highest BCUT2D eigenvalue weighted by atomic mass is 16.1. The van der Waals surface area contributed by atoms with Crippen LogP contribution in [-0.4, -0.2) is 14.6 Å². The molecule has 4 nitrogen and oxygen atoms in total. The summed E-state index contributed by atoms with van der Waals surface area (Å²) in [6.07, 6.45) is 3.29. The molecule has 0 spiro atoms. The topological polar surface area (TPSA) is 50.2 Å². The van der Waals surface area contributed by atoms with Gasteiger partial charge in [-0.05, 0) is 36.3 Å². The number of nitrogens with zero attached hydrogens (tertiary/aromatic N) is 2. The maximum atomic E-state index is 11.9. The van der Waals surface area contributed by atoms with Crippen LogP contribution in [0, 0.1) is 5.92 Å². The van der Waals surface area contributed by atoms with Crippen molar-refractivity contribution in [2.24, 2.45) is 5.92 Å². The van der Waals surface area contributed by atoms with E-state index in [2.05, 4.69) is 23.9 Å². The lowest BCUT2D eigenvalue weighted by Crippen LogP contribution is -2.13. The van der Waals surface area contributed by atoms with Gasteiger partial charge in [-0.15, -0.1) is 0 Å². The third-order valence-electron chi connectivity index (χ3n) is 3.18. The quantitative estimate of drug-likeness (QED) is 0.879. The largest absolute Gasteiger partial charge is 0.276 e. The molecule has 2 aromatic rings. The number of fused-ring (bicyclic) bond motifs is 1. The van der Waals surface area contributed by atoms with Gasteiger partial charge in [0, 0.05) is 12.5 Å². The predicted octanol–water partition coefficient (Wildman–Crippen LogP) is 2.10. The summed E-state index contributed by atoms with van der Waals surface area (Å²) in [6, 6.07) is 3.78. The zero-order valence-corrected chi connectivity index (χ0v) is 10.2. The number of pyridine rings is 1. The molecule has 0 bridgehead atoms. The normalized spacial score (nSPS) is 15.9. The summed E-state index contributed by atoms with van der Waals surface area (Å²) in [5, 5.41) is 3.07. The predicted molar refractivity (Wildman–Crippen MR) is 66.3 cm³/mol. The second-order valence-electron chi connectivity index (χ2n) is 5.36. The smallest absolute Gasteiger partial charge is 0.271 e. The van der Waals surface area contributed by atoms with Crippen LogP contribution in [0.1, 0.15) is 44.0 Å². The first-order chi connectivity index (χ1) is 8.13. The number of aromatic amines is 1. The van der Waals surface area contributed by atoms with E-state index in [1.807, 2.05) is 6.07 Å². The Kier molecular flexibility index (Phi) is 2.31. The molecule has 1 aliphatic carbocycles. The molecule has 1 N–H and O–H groups in total. The average Bonchev–Trinajstić information content (AvgIpc) is 3.00. The average molecular weight is 231 g/mol. The van der Waals surface area contributed by atoms with Crippen molar-refractivity contribution in [3.8, 4) is 0 Å². The van der Waals surface area contributed by atoms with Gasteiger partial charge < -0.3 is 0 Å². The fourth-order valence-corrected chi connectivity index (χ4v) is 2.19. The SMILES string of the molecule is CC(C)Cc1nc2cc(C3CC3)cc(=O)n2[nH]1. The monoisotopic (exact) mass is 231 g/mol. The summed E-state index contributed by atoms with van der Waals surface area (Å²) in [5.41, 5.74) is 1.92. The van der Waals surface area contributed by atoms with Gasteiger partial charge in [0.2, 0.25) is 0 Å². The first-order valence-electron chi connectivity index (χ1n) is 6.25. The molecule has 2 heterocycles. The maximum absolute atomic E-state index is 11.9. The Morgan fingerprint density at radius 1 is 1.47 bits per heavy atom. The van der Waals surface area contributed by atoms with E-state index in [9.17, 15) is 4.79 Å². The minimum atomic E-state index is 0.00639. The summed E-state index contributed by atoms with van der Waals surface area (Å²) < 4.78 is 1.55. The van der Waals surface area contributed by atoms with Gasteiger partial charge in [-0.25, -0.2) is 9.50 Å². The Morgan fingerprint density at radius 2 is 2.24 bits per heavy atom. The van der Waals surface area contributed by atoms with E-state index in [0.29, 0.717) is 11.8 Å². The Labute approximate surface area is 99.7 Å². The molecular weight excluding hydrogens is 214 g/mol. The third kappa shape index (κ3) is 1.99. The number of nitrogens with one attached hydrogen (secondary N) is 1. The molecule has 1 saturated carbocycles. The van der Waals surface area contributed by atoms with Gasteiger partial charge in [-0.1, -0.05) is 13.8 Å². The lowest BCUT2D eigenvalue weighted by molar-refractivity contribution is 0.619. The molecule has 4 heteroatoms. The molecule has 0 saturated heterocycles. The van der Waals surface area contributed by atoms with Crippen LogP contribution in [0.2, 0.25) is 0 Å². The van der Waals surface area contributed by atoms with Gasteiger partial charge in [-0.3, -0.25) is 9.89 Å². The molecule has 90 valence electrons. The maximum Gasteiger partial charge on any atom is 0.271 e. The third-order valence-corrected chi connectivity index (χ3v) is 3.18. The lowest BCUT2D eigenvalue weighted by atomic mass is 10.1. The molecule has 1 fully saturated rings. The Hall–Kier alpha value is -1.58. The first kappa shape index (κ1) is 10.6. The molecule has 2 aromatic heterocycles. The van der Waals surface area contributed by atoms with E-state index in [0.717, 1.165) is 23.5 Å². The van der Waals surface area contributed by atoms with Crippen molar-refractivity contribution < 1.29 is 0 Å². The van der Waals surface area contributed by atoms with Gasteiger partial charge >= 0.3 is 0 Å². The van der Waals surface area contributed by atoms with Crippen LogP contribution in [0.5, 0.6) is 0 Å². The fraction of sp³-hybridized carbons (Fsp3) is 0.538. The second kappa shape index (κ2) is 3.72. The number of hydrogen-bond donors (Lipinski definition) is 1.